The minimum atomic E-state index is -0.0510. The van der Waals surface area contributed by atoms with Gasteiger partial charge in [-0.15, -0.1) is 12.4 Å². The number of carbonyl (C=O) groups is 2. The van der Waals surface area contributed by atoms with Gasteiger partial charge in [-0.1, -0.05) is 12.8 Å². The van der Waals surface area contributed by atoms with Crippen LogP contribution in [0.15, 0.2) is 0 Å². The van der Waals surface area contributed by atoms with Crippen molar-refractivity contribution < 1.29 is 9.59 Å². The molecule has 0 bridgehead atoms. The molecule has 1 atom stereocenters. The monoisotopic (exact) mass is 346 g/mol. The van der Waals surface area contributed by atoms with E-state index in [4.69, 9.17) is 0 Å². The van der Waals surface area contributed by atoms with Gasteiger partial charge < -0.3 is 20.4 Å². The Balaban J connectivity index is 0.00000264. The predicted octanol–water partition coefficient (Wildman–Crippen LogP) is 1.45. The Kier molecular flexibility index (Phi) is 8.69. The highest BCUT2D eigenvalue weighted by Gasteiger charge is 2.31. The van der Waals surface area contributed by atoms with Gasteiger partial charge in [-0.3, -0.25) is 4.79 Å². The molecule has 3 amide bonds. The van der Waals surface area contributed by atoms with Crippen LogP contribution >= 0.6 is 12.4 Å². The topological polar surface area (TPSA) is 64.7 Å². The van der Waals surface area contributed by atoms with Crippen molar-refractivity contribution >= 4 is 24.3 Å². The van der Waals surface area contributed by atoms with Crippen LogP contribution in [0.1, 0.15) is 38.5 Å². The van der Waals surface area contributed by atoms with E-state index in [1.165, 1.54) is 12.8 Å². The van der Waals surface area contributed by atoms with E-state index in [1.54, 1.807) is 4.90 Å². The third-order valence-corrected chi connectivity index (χ3v) is 4.81. The van der Waals surface area contributed by atoms with E-state index in [9.17, 15) is 9.59 Å². The third-order valence-electron chi connectivity index (χ3n) is 4.81. The van der Waals surface area contributed by atoms with Crippen molar-refractivity contribution in [1.29, 1.82) is 0 Å². The van der Waals surface area contributed by atoms with Crippen LogP contribution in [0.4, 0.5) is 4.79 Å². The highest BCUT2D eigenvalue weighted by molar-refractivity contribution is 5.85. The van der Waals surface area contributed by atoms with E-state index in [0.29, 0.717) is 19.1 Å². The van der Waals surface area contributed by atoms with Gasteiger partial charge in [0.15, 0.2) is 0 Å². The molecule has 1 unspecified atom stereocenters. The van der Waals surface area contributed by atoms with Crippen LogP contribution in [0.2, 0.25) is 0 Å². The number of likely N-dealkylation sites (tertiary alicyclic amines) is 1. The average Bonchev–Trinajstić information content (AvgIpc) is 3.04. The molecular formula is C16H31ClN4O2. The average molecular weight is 347 g/mol. The van der Waals surface area contributed by atoms with Gasteiger partial charge in [-0.05, 0) is 32.7 Å². The van der Waals surface area contributed by atoms with Gasteiger partial charge in [0.2, 0.25) is 5.91 Å². The summed E-state index contributed by atoms with van der Waals surface area (Å²) >= 11 is 0. The smallest absolute Gasteiger partial charge is 0.317 e. The second-order valence-electron chi connectivity index (χ2n) is 6.58. The first-order valence-electron chi connectivity index (χ1n) is 8.57. The molecule has 0 aromatic rings. The maximum absolute atomic E-state index is 12.5. The fraction of sp³-hybridized carbons (Fsp3) is 0.875. The highest BCUT2D eigenvalue weighted by Crippen LogP contribution is 2.21. The van der Waals surface area contributed by atoms with E-state index in [2.05, 4.69) is 10.6 Å². The largest absolute Gasteiger partial charge is 0.344 e. The number of amides is 3. The van der Waals surface area contributed by atoms with Crippen molar-refractivity contribution in [2.24, 2.45) is 5.92 Å². The first-order chi connectivity index (χ1) is 10.6. The summed E-state index contributed by atoms with van der Waals surface area (Å²) in [5.74, 6) is 0.110. The highest BCUT2D eigenvalue weighted by atomic mass is 35.5. The van der Waals surface area contributed by atoms with Crippen LogP contribution in [0.3, 0.4) is 0 Å². The second-order valence-corrected chi connectivity index (χ2v) is 6.58. The zero-order chi connectivity index (χ0) is 15.9. The molecule has 1 aliphatic heterocycles. The molecule has 6 nitrogen and oxygen atoms in total. The standard InChI is InChI=1S/C16H30N4O2.ClH/c1-17-9-11-19(2)15(21)13-6-5-10-20(12-13)16(22)18-14-7-3-4-8-14;/h13-14,17H,3-12H2,1-2H3,(H,18,22);1H. The molecule has 2 rings (SSSR count). The number of halogens is 1. The summed E-state index contributed by atoms with van der Waals surface area (Å²) in [5.41, 5.74) is 0. The van der Waals surface area contributed by atoms with E-state index in [1.807, 2.05) is 19.0 Å². The molecule has 2 N–H and O–H groups in total. The zero-order valence-corrected chi connectivity index (χ0v) is 15.2. The Morgan fingerprint density at radius 3 is 2.52 bits per heavy atom. The molecule has 1 saturated carbocycles. The summed E-state index contributed by atoms with van der Waals surface area (Å²) in [5, 5.41) is 6.18. The molecule has 2 aliphatic rings. The molecular weight excluding hydrogens is 316 g/mol. The predicted molar refractivity (Wildman–Crippen MR) is 93.9 cm³/mol. The number of carbonyl (C=O) groups excluding carboxylic acids is 2. The van der Waals surface area contributed by atoms with Crippen molar-refractivity contribution in [3.63, 3.8) is 0 Å². The van der Waals surface area contributed by atoms with Gasteiger partial charge >= 0.3 is 6.03 Å². The van der Waals surface area contributed by atoms with Gasteiger partial charge in [-0.2, -0.15) is 0 Å². The lowest BCUT2D eigenvalue weighted by atomic mass is 9.97. The van der Waals surface area contributed by atoms with Crippen molar-refractivity contribution in [3.8, 4) is 0 Å². The quantitative estimate of drug-likeness (QED) is 0.792. The van der Waals surface area contributed by atoms with E-state index in [0.717, 1.165) is 38.8 Å². The lowest BCUT2D eigenvalue weighted by Gasteiger charge is -2.34. The zero-order valence-electron chi connectivity index (χ0n) is 14.3. The SMILES string of the molecule is CNCCN(C)C(=O)C1CCCN(C(=O)NC2CCCC2)C1.Cl. The summed E-state index contributed by atoms with van der Waals surface area (Å²) < 4.78 is 0. The number of urea groups is 1. The molecule has 1 saturated heterocycles. The minimum absolute atomic E-state index is 0. The van der Waals surface area contributed by atoms with Crippen molar-refractivity contribution in [2.75, 3.05) is 40.3 Å². The normalized spacial score (nSPS) is 21.7. The number of hydrogen-bond acceptors (Lipinski definition) is 3. The summed E-state index contributed by atoms with van der Waals surface area (Å²) in [4.78, 5) is 28.4. The Labute approximate surface area is 145 Å². The Morgan fingerprint density at radius 1 is 1.17 bits per heavy atom. The fourth-order valence-corrected chi connectivity index (χ4v) is 3.40. The molecule has 23 heavy (non-hydrogen) atoms. The summed E-state index contributed by atoms with van der Waals surface area (Å²) in [6.45, 7) is 2.82. The van der Waals surface area contributed by atoms with Crippen LogP contribution < -0.4 is 10.6 Å². The lowest BCUT2D eigenvalue weighted by molar-refractivity contribution is -0.135. The first-order valence-corrected chi connectivity index (χ1v) is 8.57. The van der Waals surface area contributed by atoms with E-state index in [-0.39, 0.29) is 30.3 Å². The number of nitrogens with one attached hydrogen (secondary N) is 2. The van der Waals surface area contributed by atoms with E-state index < -0.39 is 0 Å². The molecule has 7 heteroatoms. The molecule has 134 valence electrons. The molecule has 0 radical (unpaired) electrons. The lowest BCUT2D eigenvalue weighted by Crippen LogP contribution is -2.51. The molecule has 2 fully saturated rings. The Hall–Kier alpha value is -1.01. The summed E-state index contributed by atoms with van der Waals surface area (Å²) in [6.07, 6.45) is 6.40. The number of likely N-dealkylation sites (N-methyl/N-ethyl adjacent to an activating group) is 2. The minimum Gasteiger partial charge on any atom is -0.344 e. The Morgan fingerprint density at radius 2 is 1.87 bits per heavy atom. The number of hydrogen-bond donors (Lipinski definition) is 2. The van der Waals surface area contributed by atoms with Gasteiger partial charge in [0.05, 0.1) is 5.92 Å². The van der Waals surface area contributed by atoms with Gasteiger partial charge in [0.25, 0.3) is 0 Å². The van der Waals surface area contributed by atoms with Gasteiger partial charge in [-0.25, -0.2) is 4.79 Å². The van der Waals surface area contributed by atoms with Crippen LogP contribution in [-0.4, -0.2) is 68.1 Å². The van der Waals surface area contributed by atoms with Gasteiger partial charge in [0.1, 0.15) is 0 Å². The Bertz CT molecular complexity index is 388. The maximum atomic E-state index is 12.5. The molecule has 1 aliphatic carbocycles. The molecule has 0 aromatic heterocycles. The van der Waals surface area contributed by atoms with E-state index >= 15 is 0 Å². The second kappa shape index (κ2) is 9.98. The third kappa shape index (κ3) is 5.84. The number of rotatable bonds is 5. The summed E-state index contributed by atoms with van der Waals surface area (Å²) in [7, 11) is 3.73. The number of piperidine rings is 1. The van der Waals surface area contributed by atoms with Crippen LogP contribution in [0, 0.1) is 5.92 Å². The number of nitrogens with zero attached hydrogens (tertiary/aromatic N) is 2. The van der Waals surface area contributed by atoms with Crippen LogP contribution in [-0.2, 0) is 4.79 Å². The maximum Gasteiger partial charge on any atom is 0.317 e. The first kappa shape index (κ1) is 20.0. The molecule has 0 aromatic carbocycles. The molecule has 1 heterocycles. The van der Waals surface area contributed by atoms with Crippen molar-refractivity contribution in [2.45, 2.75) is 44.6 Å². The fourth-order valence-electron chi connectivity index (χ4n) is 3.40. The van der Waals surface area contributed by atoms with Crippen molar-refractivity contribution in [3.05, 3.63) is 0 Å². The van der Waals surface area contributed by atoms with Crippen LogP contribution in [0.25, 0.3) is 0 Å². The summed E-state index contributed by atoms with van der Waals surface area (Å²) in [6, 6.07) is 0.351. The van der Waals surface area contributed by atoms with Gasteiger partial charge in [0, 0.05) is 39.3 Å². The molecule has 0 spiro atoms. The van der Waals surface area contributed by atoms with Crippen molar-refractivity contribution in [1.82, 2.24) is 20.4 Å². The van der Waals surface area contributed by atoms with Crippen LogP contribution in [0.5, 0.6) is 0 Å².